The van der Waals surface area contributed by atoms with Crippen LogP contribution in [-0.2, 0) is 16.6 Å². The van der Waals surface area contributed by atoms with E-state index in [1.807, 2.05) is 6.07 Å². The standard InChI is InChI=1S/C21H19F3N2O4S/c1-29-20-12-7-16(13-25-20)14-26(31(27,28)15-21(22,23)24)17-8-10-19(11-9-17)30-18-5-3-2-4-6-18/h2-13H,14-15H2,1H3. The minimum absolute atomic E-state index is 0.0699. The largest absolute Gasteiger partial charge is 0.481 e. The van der Waals surface area contributed by atoms with Crippen molar-refractivity contribution in [2.24, 2.45) is 0 Å². The SMILES string of the molecule is COc1ccc(CN(c2ccc(Oc3ccccc3)cc2)S(=O)(=O)CC(F)(F)F)cn1. The van der Waals surface area contributed by atoms with Gasteiger partial charge in [0.25, 0.3) is 0 Å². The second kappa shape index (κ2) is 9.25. The Morgan fingerprint density at radius 2 is 1.58 bits per heavy atom. The van der Waals surface area contributed by atoms with Crippen LogP contribution in [0, 0.1) is 0 Å². The van der Waals surface area contributed by atoms with E-state index in [-0.39, 0.29) is 12.2 Å². The molecule has 164 valence electrons. The Balaban J connectivity index is 1.89. The molecule has 6 nitrogen and oxygen atoms in total. The first-order valence-corrected chi connectivity index (χ1v) is 10.7. The number of sulfonamides is 1. The van der Waals surface area contributed by atoms with Crippen LogP contribution in [0.25, 0.3) is 0 Å². The number of rotatable bonds is 8. The summed E-state index contributed by atoms with van der Waals surface area (Å²) in [7, 11) is -3.29. The number of alkyl halides is 3. The lowest BCUT2D eigenvalue weighted by Crippen LogP contribution is -2.37. The predicted octanol–water partition coefficient (Wildman–Crippen LogP) is 4.78. The summed E-state index contributed by atoms with van der Waals surface area (Å²) >= 11 is 0. The lowest BCUT2D eigenvalue weighted by atomic mass is 10.2. The van der Waals surface area contributed by atoms with Crippen LogP contribution in [0.2, 0.25) is 0 Å². The van der Waals surface area contributed by atoms with Gasteiger partial charge in [-0.25, -0.2) is 13.4 Å². The van der Waals surface area contributed by atoms with E-state index in [1.165, 1.54) is 49.7 Å². The van der Waals surface area contributed by atoms with E-state index in [4.69, 9.17) is 9.47 Å². The average molecular weight is 452 g/mol. The van der Waals surface area contributed by atoms with Crippen molar-refractivity contribution in [2.75, 3.05) is 17.2 Å². The molecule has 3 aromatic rings. The number of methoxy groups -OCH3 is 1. The smallest absolute Gasteiger partial charge is 0.404 e. The molecule has 0 aliphatic heterocycles. The van der Waals surface area contributed by atoms with Crippen molar-refractivity contribution in [1.82, 2.24) is 4.98 Å². The summed E-state index contributed by atoms with van der Waals surface area (Å²) in [6.45, 7) is -0.325. The van der Waals surface area contributed by atoms with Gasteiger partial charge >= 0.3 is 6.18 Å². The number of aromatic nitrogens is 1. The van der Waals surface area contributed by atoms with E-state index in [0.29, 0.717) is 27.2 Å². The van der Waals surface area contributed by atoms with Crippen molar-refractivity contribution in [3.8, 4) is 17.4 Å². The van der Waals surface area contributed by atoms with Gasteiger partial charge in [-0.05, 0) is 42.0 Å². The second-order valence-electron chi connectivity index (χ2n) is 6.50. The molecule has 0 saturated carbocycles. The van der Waals surface area contributed by atoms with Crippen LogP contribution in [0.1, 0.15) is 5.56 Å². The van der Waals surface area contributed by atoms with Gasteiger partial charge in [-0.15, -0.1) is 0 Å². The molecule has 0 N–H and O–H groups in total. The van der Waals surface area contributed by atoms with Crippen molar-refractivity contribution < 1.29 is 31.1 Å². The summed E-state index contributed by atoms with van der Waals surface area (Å²) in [4.78, 5) is 3.98. The van der Waals surface area contributed by atoms with Gasteiger partial charge < -0.3 is 9.47 Å². The minimum Gasteiger partial charge on any atom is -0.481 e. The van der Waals surface area contributed by atoms with Gasteiger partial charge in [-0.1, -0.05) is 24.3 Å². The van der Waals surface area contributed by atoms with Crippen LogP contribution in [0.3, 0.4) is 0 Å². The molecule has 0 saturated heterocycles. The summed E-state index contributed by atoms with van der Waals surface area (Å²) in [5, 5.41) is 0. The molecule has 1 aromatic heterocycles. The van der Waals surface area contributed by atoms with Gasteiger partial charge in [0.2, 0.25) is 15.9 Å². The molecule has 31 heavy (non-hydrogen) atoms. The molecule has 0 radical (unpaired) electrons. The highest BCUT2D eigenvalue weighted by Crippen LogP contribution is 2.29. The van der Waals surface area contributed by atoms with Crippen LogP contribution in [-0.4, -0.2) is 32.4 Å². The fraction of sp³-hybridized carbons (Fsp3) is 0.190. The first-order chi connectivity index (χ1) is 14.7. The van der Waals surface area contributed by atoms with E-state index in [1.54, 1.807) is 24.3 Å². The molecule has 0 aliphatic carbocycles. The summed E-state index contributed by atoms with van der Waals surface area (Å²) in [6.07, 6.45) is -3.53. The Bertz CT molecular complexity index is 1090. The average Bonchev–Trinajstić information content (AvgIpc) is 2.72. The third-order valence-electron chi connectivity index (χ3n) is 4.12. The number of pyridine rings is 1. The molecule has 3 rings (SSSR count). The summed E-state index contributed by atoms with van der Waals surface area (Å²) in [5.41, 5.74) is 0.469. The van der Waals surface area contributed by atoms with Crippen LogP contribution >= 0.6 is 0 Å². The fourth-order valence-electron chi connectivity index (χ4n) is 2.73. The maximum Gasteiger partial charge on any atom is 0.404 e. The Hall–Kier alpha value is -3.27. The maximum absolute atomic E-state index is 12.9. The van der Waals surface area contributed by atoms with Gasteiger partial charge in [0, 0.05) is 12.3 Å². The number of halogens is 3. The zero-order valence-electron chi connectivity index (χ0n) is 16.4. The number of hydrogen-bond donors (Lipinski definition) is 0. The normalized spacial score (nSPS) is 11.7. The lowest BCUT2D eigenvalue weighted by Gasteiger charge is -2.25. The monoisotopic (exact) mass is 452 g/mol. The molecular weight excluding hydrogens is 433 g/mol. The molecule has 10 heteroatoms. The quantitative estimate of drug-likeness (QED) is 0.492. The molecular formula is C21H19F3N2O4S. The first-order valence-electron chi connectivity index (χ1n) is 9.05. The second-order valence-corrected chi connectivity index (χ2v) is 8.39. The number of hydrogen-bond acceptors (Lipinski definition) is 5. The zero-order chi connectivity index (χ0) is 22.5. The highest BCUT2D eigenvalue weighted by Gasteiger charge is 2.38. The van der Waals surface area contributed by atoms with Crippen molar-refractivity contribution in [1.29, 1.82) is 0 Å². The van der Waals surface area contributed by atoms with Gasteiger partial charge in [0.05, 0.1) is 19.3 Å². The van der Waals surface area contributed by atoms with Crippen molar-refractivity contribution in [2.45, 2.75) is 12.7 Å². The van der Waals surface area contributed by atoms with Crippen molar-refractivity contribution >= 4 is 15.7 Å². The molecule has 1 heterocycles. The third kappa shape index (κ3) is 6.35. The molecule has 0 bridgehead atoms. The Labute approximate surface area is 177 Å². The first kappa shape index (κ1) is 22.4. The van der Waals surface area contributed by atoms with E-state index >= 15 is 0 Å². The minimum atomic E-state index is -4.88. The van der Waals surface area contributed by atoms with Crippen LogP contribution in [0.5, 0.6) is 17.4 Å². The highest BCUT2D eigenvalue weighted by atomic mass is 32.2. The van der Waals surface area contributed by atoms with Gasteiger partial charge in [0.1, 0.15) is 11.5 Å². The van der Waals surface area contributed by atoms with E-state index < -0.39 is 22.0 Å². The van der Waals surface area contributed by atoms with Gasteiger partial charge in [-0.2, -0.15) is 13.2 Å². The highest BCUT2D eigenvalue weighted by molar-refractivity contribution is 7.92. The van der Waals surface area contributed by atoms with Crippen molar-refractivity contribution in [3.05, 3.63) is 78.5 Å². The van der Waals surface area contributed by atoms with Gasteiger partial charge in [0.15, 0.2) is 5.75 Å². The Kier molecular flexibility index (Phi) is 6.69. The number of ether oxygens (including phenoxy) is 2. The molecule has 0 amide bonds. The number of nitrogens with zero attached hydrogens (tertiary/aromatic N) is 2. The Morgan fingerprint density at radius 1 is 0.935 bits per heavy atom. The van der Waals surface area contributed by atoms with E-state index in [2.05, 4.69) is 4.98 Å². The third-order valence-corrected chi connectivity index (χ3v) is 5.82. The predicted molar refractivity (Wildman–Crippen MR) is 110 cm³/mol. The van der Waals surface area contributed by atoms with Crippen LogP contribution in [0.4, 0.5) is 18.9 Å². The summed E-state index contributed by atoms with van der Waals surface area (Å²) < 4.78 is 75.2. The summed E-state index contributed by atoms with van der Waals surface area (Å²) in [6, 6.07) is 17.7. The Morgan fingerprint density at radius 3 is 2.13 bits per heavy atom. The molecule has 0 aliphatic rings. The number of para-hydroxylation sites is 1. The molecule has 0 unspecified atom stereocenters. The fourth-order valence-corrected chi connectivity index (χ4v) is 4.09. The summed E-state index contributed by atoms with van der Waals surface area (Å²) in [5.74, 6) is -0.697. The lowest BCUT2D eigenvalue weighted by molar-refractivity contribution is -0.106. The van der Waals surface area contributed by atoms with Crippen LogP contribution in [0.15, 0.2) is 72.9 Å². The number of anilines is 1. The van der Waals surface area contributed by atoms with Crippen molar-refractivity contribution in [3.63, 3.8) is 0 Å². The maximum atomic E-state index is 12.9. The van der Waals surface area contributed by atoms with E-state index in [0.717, 1.165) is 0 Å². The topological polar surface area (TPSA) is 68.7 Å². The molecule has 0 spiro atoms. The zero-order valence-corrected chi connectivity index (χ0v) is 17.2. The molecule has 2 aromatic carbocycles. The van der Waals surface area contributed by atoms with Crippen LogP contribution < -0.4 is 13.8 Å². The molecule has 0 atom stereocenters. The van der Waals surface area contributed by atoms with E-state index in [9.17, 15) is 21.6 Å². The number of benzene rings is 2. The van der Waals surface area contributed by atoms with Gasteiger partial charge in [-0.3, -0.25) is 4.31 Å². The molecule has 0 fully saturated rings.